The summed E-state index contributed by atoms with van der Waals surface area (Å²) in [7, 11) is 0. The molecule has 0 fully saturated rings. The Morgan fingerprint density at radius 1 is 0.952 bits per heavy atom. The van der Waals surface area contributed by atoms with Crippen LogP contribution in [-0.4, -0.2) is 5.84 Å². The minimum Gasteiger partial charge on any atom is -0.339 e. The fraction of sp³-hybridized carbons (Fsp3) is 0. The fourth-order valence-corrected chi connectivity index (χ4v) is 2.89. The quantitative estimate of drug-likeness (QED) is 0.661. The molecule has 3 aromatic rings. The monoisotopic (exact) mass is 296 g/mol. The van der Waals surface area contributed by atoms with Gasteiger partial charge in [0.2, 0.25) is 0 Å². The molecule has 0 saturated carbocycles. The van der Waals surface area contributed by atoms with Crippen LogP contribution in [0.4, 0.5) is 15.8 Å². The number of nitrogens with one attached hydrogen (secondary N) is 1. The van der Waals surface area contributed by atoms with E-state index in [1.165, 1.54) is 6.07 Å². The molecular formula is C17H10ClFN2. The van der Waals surface area contributed by atoms with Gasteiger partial charge in [0.25, 0.3) is 0 Å². The van der Waals surface area contributed by atoms with Crippen molar-refractivity contribution in [2.45, 2.75) is 0 Å². The molecule has 0 aromatic heterocycles. The summed E-state index contributed by atoms with van der Waals surface area (Å²) in [6, 6.07) is 16.5. The van der Waals surface area contributed by atoms with Crippen LogP contribution in [0.25, 0.3) is 10.8 Å². The summed E-state index contributed by atoms with van der Waals surface area (Å²) in [5.74, 6) is 0.0459. The average molecular weight is 297 g/mol. The fourth-order valence-electron chi connectivity index (χ4n) is 2.64. The van der Waals surface area contributed by atoms with E-state index in [1.54, 1.807) is 12.1 Å². The highest BCUT2D eigenvalue weighted by atomic mass is 35.5. The number of hydrogen-bond acceptors (Lipinski definition) is 2. The second-order valence-corrected chi connectivity index (χ2v) is 5.27. The molecule has 0 aliphatic carbocycles. The number of anilines is 1. The van der Waals surface area contributed by atoms with E-state index < -0.39 is 0 Å². The van der Waals surface area contributed by atoms with Crippen molar-refractivity contribution in [3.05, 3.63) is 71.0 Å². The zero-order chi connectivity index (χ0) is 14.4. The molecule has 4 rings (SSSR count). The molecular weight excluding hydrogens is 287 g/mol. The van der Waals surface area contributed by atoms with Gasteiger partial charge in [0.1, 0.15) is 11.7 Å². The van der Waals surface area contributed by atoms with Crippen LogP contribution in [0.1, 0.15) is 5.56 Å². The van der Waals surface area contributed by atoms with Crippen LogP contribution in [0.3, 0.4) is 0 Å². The normalized spacial score (nSPS) is 13.0. The summed E-state index contributed by atoms with van der Waals surface area (Å²) in [5, 5.41) is 5.66. The van der Waals surface area contributed by atoms with Gasteiger partial charge in [0.15, 0.2) is 0 Å². The smallest absolute Gasteiger partial charge is 0.142 e. The minimum atomic E-state index is -0.389. The molecule has 3 aromatic carbocycles. The van der Waals surface area contributed by atoms with E-state index in [9.17, 15) is 4.39 Å². The standard InChI is InChI=1S/C17H10ClFN2/c18-11-6-3-7-12(19)16(11)17-20-13-8-1-4-10-5-2-9-14(21-17)15(10)13/h1-9H,(H,20,21). The van der Waals surface area contributed by atoms with E-state index in [2.05, 4.69) is 10.3 Å². The van der Waals surface area contributed by atoms with Gasteiger partial charge < -0.3 is 5.32 Å². The number of rotatable bonds is 1. The largest absolute Gasteiger partial charge is 0.339 e. The maximum Gasteiger partial charge on any atom is 0.142 e. The van der Waals surface area contributed by atoms with E-state index in [1.807, 2.05) is 36.4 Å². The van der Waals surface area contributed by atoms with Crippen molar-refractivity contribution < 1.29 is 4.39 Å². The first-order valence-corrected chi connectivity index (χ1v) is 6.94. The molecule has 21 heavy (non-hydrogen) atoms. The molecule has 0 atom stereocenters. The third-order valence-corrected chi connectivity index (χ3v) is 3.88. The summed E-state index contributed by atoms with van der Waals surface area (Å²) in [6.45, 7) is 0. The summed E-state index contributed by atoms with van der Waals surface area (Å²) in [4.78, 5) is 4.54. The van der Waals surface area contributed by atoms with Gasteiger partial charge in [0.05, 0.1) is 16.3 Å². The highest BCUT2D eigenvalue weighted by molar-refractivity contribution is 6.35. The van der Waals surface area contributed by atoms with Crippen molar-refractivity contribution in [2.75, 3.05) is 5.32 Å². The zero-order valence-corrected chi connectivity index (χ0v) is 11.7. The van der Waals surface area contributed by atoms with E-state index in [4.69, 9.17) is 11.6 Å². The first kappa shape index (κ1) is 12.4. The third-order valence-electron chi connectivity index (χ3n) is 3.57. The van der Waals surface area contributed by atoms with Crippen molar-refractivity contribution in [1.29, 1.82) is 0 Å². The molecule has 0 spiro atoms. The molecule has 0 bridgehead atoms. The molecule has 2 nitrogen and oxygen atoms in total. The van der Waals surface area contributed by atoms with Crippen molar-refractivity contribution in [2.24, 2.45) is 4.99 Å². The first-order chi connectivity index (χ1) is 10.2. The zero-order valence-electron chi connectivity index (χ0n) is 10.9. The summed E-state index contributed by atoms with van der Waals surface area (Å²) < 4.78 is 14.1. The molecule has 102 valence electrons. The van der Waals surface area contributed by atoms with Gasteiger partial charge >= 0.3 is 0 Å². The van der Waals surface area contributed by atoms with Crippen LogP contribution in [0, 0.1) is 5.82 Å². The average Bonchev–Trinajstić information content (AvgIpc) is 2.47. The van der Waals surface area contributed by atoms with Crippen molar-refractivity contribution >= 4 is 39.6 Å². The lowest BCUT2D eigenvalue weighted by Crippen LogP contribution is -2.18. The van der Waals surface area contributed by atoms with Gasteiger partial charge in [-0.25, -0.2) is 9.38 Å². The maximum absolute atomic E-state index is 14.1. The van der Waals surface area contributed by atoms with E-state index in [0.717, 1.165) is 22.1 Å². The SMILES string of the molecule is Fc1cccc(Cl)c1C1=Nc2cccc3cccc(c23)N1. The highest BCUT2D eigenvalue weighted by Gasteiger charge is 2.19. The Kier molecular flexibility index (Phi) is 2.69. The lowest BCUT2D eigenvalue weighted by molar-refractivity contribution is 0.625. The molecule has 1 N–H and O–H groups in total. The van der Waals surface area contributed by atoms with Crippen LogP contribution >= 0.6 is 11.6 Å². The molecule has 0 radical (unpaired) electrons. The predicted octanol–water partition coefficient (Wildman–Crippen LogP) is 5.14. The lowest BCUT2D eigenvalue weighted by atomic mass is 10.0. The van der Waals surface area contributed by atoms with Gasteiger partial charge in [-0.15, -0.1) is 0 Å². The van der Waals surface area contributed by atoms with E-state index >= 15 is 0 Å². The number of halogens is 2. The molecule has 1 heterocycles. The third kappa shape index (κ3) is 1.89. The van der Waals surface area contributed by atoms with Crippen LogP contribution in [-0.2, 0) is 0 Å². The number of amidine groups is 1. The van der Waals surface area contributed by atoms with E-state index in [0.29, 0.717) is 16.4 Å². The number of aliphatic imine (C=N–C) groups is 1. The Labute approximate surface area is 125 Å². The lowest BCUT2D eigenvalue weighted by Gasteiger charge is -2.19. The van der Waals surface area contributed by atoms with Crippen molar-refractivity contribution in [1.82, 2.24) is 0 Å². The Hall–Kier alpha value is -2.39. The van der Waals surface area contributed by atoms with E-state index in [-0.39, 0.29) is 5.82 Å². The summed E-state index contributed by atoms with van der Waals surface area (Å²) in [5.41, 5.74) is 2.02. The second-order valence-electron chi connectivity index (χ2n) is 4.86. The van der Waals surface area contributed by atoms with Gasteiger partial charge in [-0.05, 0) is 29.7 Å². The number of hydrogen-bond donors (Lipinski definition) is 1. The van der Waals surface area contributed by atoms with Gasteiger partial charge in [-0.3, -0.25) is 0 Å². The van der Waals surface area contributed by atoms with Crippen LogP contribution in [0.2, 0.25) is 5.02 Å². The van der Waals surface area contributed by atoms with Crippen LogP contribution < -0.4 is 5.32 Å². The Balaban J connectivity index is 1.99. The Morgan fingerprint density at radius 3 is 2.52 bits per heavy atom. The second kappa shape index (κ2) is 4.57. The summed E-state index contributed by atoms with van der Waals surface area (Å²) >= 11 is 6.13. The molecule has 1 aliphatic heterocycles. The van der Waals surface area contributed by atoms with Gasteiger partial charge in [-0.2, -0.15) is 0 Å². The van der Waals surface area contributed by atoms with Crippen molar-refractivity contribution in [3.63, 3.8) is 0 Å². The highest BCUT2D eigenvalue weighted by Crippen LogP contribution is 2.37. The van der Waals surface area contributed by atoms with Gasteiger partial charge in [-0.1, -0.05) is 41.9 Å². The Morgan fingerprint density at radius 2 is 1.71 bits per heavy atom. The predicted molar refractivity (Wildman–Crippen MR) is 85.2 cm³/mol. The van der Waals surface area contributed by atoms with Crippen LogP contribution in [0.15, 0.2) is 59.6 Å². The Bertz CT molecular complexity index is 877. The summed E-state index contributed by atoms with van der Waals surface area (Å²) in [6.07, 6.45) is 0. The maximum atomic E-state index is 14.1. The molecule has 4 heteroatoms. The number of benzene rings is 3. The molecule has 1 aliphatic rings. The molecule has 0 saturated heterocycles. The van der Waals surface area contributed by atoms with Crippen LogP contribution in [0.5, 0.6) is 0 Å². The minimum absolute atomic E-state index is 0.297. The molecule has 0 amide bonds. The topological polar surface area (TPSA) is 24.4 Å². The first-order valence-electron chi connectivity index (χ1n) is 6.56. The number of nitrogens with zero attached hydrogens (tertiary/aromatic N) is 1. The van der Waals surface area contributed by atoms with Gasteiger partial charge in [0, 0.05) is 11.1 Å². The van der Waals surface area contributed by atoms with Crippen molar-refractivity contribution in [3.8, 4) is 0 Å². The molecule has 0 unspecified atom stereocenters.